The molecule has 1 heterocycles. The van der Waals surface area contributed by atoms with Crippen LogP contribution in [0.25, 0.3) is 11.0 Å². The van der Waals surface area contributed by atoms with Crippen LogP contribution in [0, 0.1) is 29.5 Å². The molecule has 0 unspecified atom stereocenters. The molecule has 3 rings (SSSR count). The highest BCUT2D eigenvalue weighted by Crippen LogP contribution is 2.39. The zero-order chi connectivity index (χ0) is 19.4. The number of ether oxygens (including phenoxy) is 2. The lowest BCUT2D eigenvalue weighted by Crippen LogP contribution is -2.20. The number of methoxy groups -OCH3 is 2. The van der Waals surface area contributed by atoms with Crippen LogP contribution in [0.1, 0.15) is 5.56 Å². The van der Waals surface area contributed by atoms with Gasteiger partial charge in [-0.2, -0.15) is 5.26 Å². The molecule has 0 aliphatic carbocycles. The summed E-state index contributed by atoms with van der Waals surface area (Å²) in [6.07, 6.45) is 7.00. The van der Waals surface area contributed by atoms with Crippen molar-refractivity contribution in [2.75, 3.05) is 25.7 Å². The molecule has 0 N–H and O–H groups in total. The fourth-order valence-corrected chi connectivity index (χ4v) is 2.71. The minimum atomic E-state index is -0.736. The predicted octanol–water partition coefficient (Wildman–Crippen LogP) is 3.43. The summed E-state index contributed by atoms with van der Waals surface area (Å²) < 4.78 is 25.4. The number of terminal acetylenes is 1. The Hall–Kier alpha value is -3.84. The van der Waals surface area contributed by atoms with E-state index in [0.29, 0.717) is 16.9 Å². The van der Waals surface area contributed by atoms with Crippen molar-refractivity contribution in [1.82, 2.24) is 9.97 Å². The summed E-state index contributed by atoms with van der Waals surface area (Å²) >= 11 is 0. The number of nitrogens with zero attached hydrogens (tertiary/aromatic N) is 4. The standard InChI is InChI=1S/C20H15FN4O2/c1-4-9-25(18-12-23-14-7-5-6-8-15(14)24-18)16-10-17(26-2)13(11-22)20(27-3)19(16)21/h1,5-8,10,12H,9H2,2-3H3. The Morgan fingerprint density at radius 3 is 2.59 bits per heavy atom. The van der Waals surface area contributed by atoms with Gasteiger partial charge in [-0.3, -0.25) is 4.98 Å². The maximum absolute atomic E-state index is 15.1. The summed E-state index contributed by atoms with van der Waals surface area (Å²) in [4.78, 5) is 10.3. The maximum Gasteiger partial charge on any atom is 0.190 e. The van der Waals surface area contributed by atoms with Gasteiger partial charge < -0.3 is 14.4 Å². The molecular formula is C20H15FN4O2. The monoisotopic (exact) mass is 362 g/mol. The first-order valence-corrected chi connectivity index (χ1v) is 7.92. The summed E-state index contributed by atoms with van der Waals surface area (Å²) in [5.41, 5.74) is 1.39. The normalized spacial score (nSPS) is 10.1. The first kappa shape index (κ1) is 18.0. The van der Waals surface area contributed by atoms with Crippen LogP contribution in [0.15, 0.2) is 36.5 Å². The molecule has 0 radical (unpaired) electrons. The van der Waals surface area contributed by atoms with E-state index in [1.54, 1.807) is 6.07 Å². The van der Waals surface area contributed by atoms with Crippen molar-refractivity contribution in [2.24, 2.45) is 0 Å². The SMILES string of the molecule is C#CCN(c1cnc2ccccc2n1)c1cc(OC)c(C#N)c(OC)c1F. The number of fused-ring (bicyclic) bond motifs is 1. The van der Waals surface area contributed by atoms with Gasteiger partial charge in [-0.15, -0.1) is 6.42 Å². The molecule has 0 spiro atoms. The molecule has 2 aromatic carbocycles. The number of benzene rings is 2. The van der Waals surface area contributed by atoms with Crippen molar-refractivity contribution < 1.29 is 13.9 Å². The van der Waals surface area contributed by atoms with Crippen molar-refractivity contribution in [3.63, 3.8) is 0 Å². The molecular weight excluding hydrogens is 347 g/mol. The summed E-state index contributed by atoms with van der Waals surface area (Å²) in [6.45, 7) is 0.0299. The molecule has 0 bridgehead atoms. The Kier molecular flexibility index (Phi) is 5.05. The van der Waals surface area contributed by atoms with Gasteiger partial charge >= 0.3 is 0 Å². The number of nitriles is 1. The van der Waals surface area contributed by atoms with Crippen molar-refractivity contribution in [3.8, 4) is 29.9 Å². The zero-order valence-corrected chi connectivity index (χ0v) is 14.7. The quantitative estimate of drug-likeness (QED) is 0.648. The lowest BCUT2D eigenvalue weighted by Gasteiger charge is -2.24. The van der Waals surface area contributed by atoms with Gasteiger partial charge in [0, 0.05) is 6.07 Å². The fraction of sp³-hybridized carbons (Fsp3) is 0.150. The van der Waals surface area contributed by atoms with Crippen molar-refractivity contribution in [1.29, 1.82) is 5.26 Å². The van der Waals surface area contributed by atoms with Crippen molar-refractivity contribution in [2.45, 2.75) is 0 Å². The second-order valence-corrected chi connectivity index (χ2v) is 5.44. The summed E-state index contributed by atoms with van der Waals surface area (Å²) in [5.74, 6) is 2.06. The molecule has 0 fully saturated rings. The highest BCUT2D eigenvalue weighted by atomic mass is 19.1. The van der Waals surface area contributed by atoms with Crippen LogP contribution in [0.5, 0.6) is 11.5 Å². The highest BCUT2D eigenvalue weighted by Gasteiger charge is 2.24. The van der Waals surface area contributed by atoms with E-state index >= 15 is 4.39 Å². The van der Waals surface area contributed by atoms with Crippen LogP contribution in [0.4, 0.5) is 15.9 Å². The van der Waals surface area contributed by atoms with Gasteiger partial charge in [-0.05, 0) is 12.1 Å². The fourth-order valence-electron chi connectivity index (χ4n) is 2.71. The third kappa shape index (κ3) is 3.19. The highest BCUT2D eigenvalue weighted by molar-refractivity contribution is 5.77. The van der Waals surface area contributed by atoms with Crippen LogP contribution in [0.2, 0.25) is 0 Å². The number of aromatic nitrogens is 2. The molecule has 6 nitrogen and oxygen atoms in total. The van der Waals surface area contributed by atoms with Gasteiger partial charge in [-0.1, -0.05) is 18.1 Å². The summed E-state index contributed by atoms with van der Waals surface area (Å²) in [5, 5.41) is 9.31. The van der Waals surface area contributed by atoms with E-state index in [9.17, 15) is 5.26 Å². The second kappa shape index (κ2) is 7.59. The van der Waals surface area contributed by atoms with Gasteiger partial charge in [0.25, 0.3) is 0 Å². The van der Waals surface area contributed by atoms with E-state index in [4.69, 9.17) is 15.9 Å². The molecule has 3 aromatic rings. The molecule has 0 saturated heterocycles. The Morgan fingerprint density at radius 1 is 1.22 bits per heavy atom. The van der Waals surface area contributed by atoms with E-state index < -0.39 is 5.82 Å². The zero-order valence-electron chi connectivity index (χ0n) is 14.7. The number of hydrogen-bond acceptors (Lipinski definition) is 6. The van der Waals surface area contributed by atoms with Gasteiger partial charge in [0.1, 0.15) is 17.4 Å². The Labute approximate surface area is 155 Å². The lowest BCUT2D eigenvalue weighted by atomic mass is 10.1. The van der Waals surface area contributed by atoms with Gasteiger partial charge in [0.05, 0.1) is 43.7 Å². The van der Waals surface area contributed by atoms with Gasteiger partial charge in [0.15, 0.2) is 17.4 Å². The van der Waals surface area contributed by atoms with E-state index in [1.165, 1.54) is 31.4 Å². The average molecular weight is 362 g/mol. The summed E-state index contributed by atoms with van der Waals surface area (Å²) in [7, 11) is 2.67. The number of rotatable bonds is 5. The second-order valence-electron chi connectivity index (χ2n) is 5.44. The van der Waals surface area contributed by atoms with Crippen molar-refractivity contribution >= 4 is 22.5 Å². The van der Waals surface area contributed by atoms with Crippen LogP contribution in [0.3, 0.4) is 0 Å². The lowest BCUT2D eigenvalue weighted by molar-refractivity contribution is 0.372. The molecule has 134 valence electrons. The molecule has 27 heavy (non-hydrogen) atoms. The minimum Gasteiger partial charge on any atom is -0.495 e. The Balaban J connectivity index is 2.23. The first-order chi connectivity index (χ1) is 13.1. The van der Waals surface area contributed by atoms with E-state index in [0.717, 1.165) is 0 Å². The molecule has 0 amide bonds. The van der Waals surface area contributed by atoms with E-state index in [2.05, 4.69) is 15.9 Å². The van der Waals surface area contributed by atoms with Crippen LogP contribution in [-0.2, 0) is 0 Å². The molecule has 7 heteroatoms. The molecule has 0 atom stereocenters. The summed E-state index contributed by atoms with van der Waals surface area (Å²) in [6, 6.07) is 10.6. The first-order valence-electron chi connectivity index (χ1n) is 7.92. The average Bonchev–Trinajstić information content (AvgIpc) is 2.71. The van der Waals surface area contributed by atoms with Gasteiger partial charge in [0.2, 0.25) is 0 Å². The number of anilines is 2. The Morgan fingerprint density at radius 2 is 1.96 bits per heavy atom. The van der Waals surface area contributed by atoms with Crippen molar-refractivity contribution in [3.05, 3.63) is 47.9 Å². The van der Waals surface area contributed by atoms with Gasteiger partial charge in [-0.25, -0.2) is 9.37 Å². The number of para-hydroxylation sites is 2. The Bertz CT molecular complexity index is 1090. The maximum atomic E-state index is 15.1. The smallest absolute Gasteiger partial charge is 0.190 e. The minimum absolute atomic E-state index is 0.0299. The molecule has 0 saturated carbocycles. The number of hydrogen-bond donors (Lipinski definition) is 0. The topological polar surface area (TPSA) is 71.3 Å². The van der Waals surface area contributed by atoms with E-state index in [-0.39, 0.29) is 29.3 Å². The van der Waals surface area contributed by atoms with Crippen LogP contribution >= 0.6 is 0 Å². The third-order valence-electron chi connectivity index (χ3n) is 3.95. The largest absolute Gasteiger partial charge is 0.495 e. The molecule has 0 aliphatic heterocycles. The van der Waals surface area contributed by atoms with Crippen LogP contribution < -0.4 is 14.4 Å². The third-order valence-corrected chi connectivity index (χ3v) is 3.95. The van der Waals surface area contributed by atoms with E-state index in [1.807, 2.05) is 24.3 Å². The number of halogens is 1. The predicted molar refractivity (Wildman–Crippen MR) is 99.6 cm³/mol. The molecule has 0 aliphatic rings. The van der Waals surface area contributed by atoms with Crippen LogP contribution in [-0.4, -0.2) is 30.7 Å². The molecule has 1 aromatic heterocycles.